The van der Waals surface area contributed by atoms with Crippen molar-refractivity contribution in [2.45, 2.75) is 32.2 Å². The molecule has 1 aliphatic rings. The zero-order valence-corrected chi connectivity index (χ0v) is 10.6. The Hall–Kier alpha value is -1.11. The van der Waals surface area contributed by atoms with Crippen molar-refractivity contribution >= 4 is 21.7 Å². The normalized spacial score (nSPS) is 20.5. The maximum absolute atomic E-state index is 11.7. The number of hydrogen-bond acceptors (Lipinski definition) is 4. The van der Waals surface area contributed by atoms with Crippen molar-refractivity contribution in [2.24, 2.45) is 0 Å². The summed E-state index contributed by atoms with van der Waals surface area (Å²) in [6, 6.07) is -0.862. The Morgan fingerprint density at radius 2 is 2.06 bits per heavy atom. The molecule has 6 nitrogen and oxygen atoms in total. The van der Waals surface area contributed by atoms with Crippen LogP contribution in [-0.4, -0.2) is 54.4 Å². The van der Waals surface area contributed by atoms with Crippen LogP contribution >= 0.6 is 0 Å². The number of nitrogens with zero attached hydrogens (tertiary/aromatic N) is 1. The van der Waals surface area contributed by atoms with Crippen LogP contribution in [0.4, 0.5) is 0 Å². The quantitative estimate of drug-likeness (QED) is 0.747. The SMILES string of the molecule is CCCS(=O)(=O)CC(=O)N1CCCC1C(=O)O. The number of carbonyl (C=O) groups excluding carboxylic acids is 1. The third-order valence-corrected chi connectivity index (χ3v) is 4.43. The van der Waals surface area contributed by atoms with Crippen molar-refractivity contribution in [1.82, 2.24) is 4.90 Å². The first-order chi connectivity index (χ1) is 7.87. The lowest BCUT2D eigenvalue weighted by Gasteiger charge is -2.21. The number of hydrogen-bond donors (Lipinski definition) is 1. The highest BCUT2D eigenvalue weighted by atomic mass is 32.2. The molecule has 17 heavy (non-hydrogen) atoms. The molecule has 0 bridgehead atoms. The zero-order valence-electron chi connectivity index (χ0n) is 9.76. The minimum atomic E-state index is -3.40. The second kappa shape index (κ2) is 5.48. The third kappa shape index (κ3) is 3.69. The highest BCUT2D eigenvalue weighted by Crippen LogP contribution is 2.18. The van der Waals surface area contributed by atoms with Crippen molar-refractivity contribution in [3.8, 4) is 0 Å². The summed E-state index contributed by atoms with van der Waals surface area (Å²) in [6.07, 6.45) is 1.46. The maximum atomic E-state index is 11.7. The van der Waals surface area contributed by atoms with Crippen LogP contribution in [-0.2, 0) is 19.4 Å². The van der Waals surface area contributed by atoms with Gasteiger partial charge in [0.05, 0.1) is 5.75 Å². The van der Waals surface area contributed by atoms with E-state index in [2.05, 4.69) is 0 Å². The molecule has 1 unspecified atom stereocenters. The molecule has 0 aromatic rings. The number of carboxylic acid groups (broad SMARTS) is 1. The molecule has 1 atom stereocenters. The first-order valence-corrected chi connectivity index (χ1v) is 7.42. The maximum Gasteiger partial charge on any atom is 0.326 e. The summed E-state index contributed by atoms with van der Waals surface area (Å²) in [5.74, 6) is -2.28. The Kier molecular flexibility index (Phi) is 4.50. The van der Waals surface area contributed by atoms with E-state index >= 15 is 0 Å². The lowest BCUT2D eigenvalue weighted by atomic mass is 10.2. The van der Waals surface area contributed by atoms with E-state index in [1.165, 1.54) is 0 Å². The predicted molar refractivity (Wildman–Crippen MR) is 61.3 cm³/mol. The van der Waals surface area contributed by atoms with Crippen LogP contribution in [0.15, 0.2) is 0 Å². The number of carbonyl (C=O) groups is 2. The molecule has 7 heteroatoms. The number of amides is 1. The van der Waals surface area contributed by atoms with E-state index < -0.39 is 33.5 Å². The van der Waals surface area contributed by atoms with Gasteiger partial charge >= 0.3 is 5.97 Å². The second-order valence-corrected chi connectivity index (χ2v) is 6.36. The van der Waals surface area contributed by atoms with Gasteiger partial charge in [-0.05, 0) is 19.3 Å². The smallest absolute Gasteiger partial charge is 0.326 e. The van der Waals surface area contributed by atoms with Crippen molar-refractivity contribution in [1.29, 1.82) is 0 Å². The van der Waals surface area contributed by atoms with Crippen molar-refractivity contribution < 1.29 is 23.1 Å². The molecule has 0 aromatic carbocycles. The van der Waals surface area contributed by atoms with E-state index in [0.29, 0.717) is 25.8 Å². The summed E-state index contributed by atoms with van der Waals surface area (Å²) in [5, 5.41) is 8.89. The summed E-state index contributed by atoms with van der Waals surface area (Å²) in [4.78, 5) is 23.8. The van der Waals surface area contributed by atoms with Crippen LogP contribution in [0.1, 0.15) is 26.2 Å². The Bertz CT molecular complexity index is 403. The molecule has 0 saturated carbocycles. The van der Waals surface area contributed by atoms with E-state index in [-0.39, 0.29) is 5.75 Å². The molecule has 98 valence electrons. The Morgan fingerprint density at radius 1 is 1.41 bits per heavy atom. The summed E-state index contributed by atoms with van der Waals surface area (Å²) < 4.78 is 23.0. The van der Waals surface area contributed by atoms with Gasteiger partial charge < -0.3 is 10.0 Å². The van der Waals surface area contributed by atoms with E-state index in [0.717, 1.165) is 4.90 Å². The standard InChI is InChI=1S/C10H17NO5S/c1-2-6-17(15,16)7-9(12)11-5-3-4-8(11)10(13)14/h8H,2-7H2,1H3,(H,13,14). The lowest BCUT2D eigenvalue weighted by molar-refractivity contribution is -0.147. The van der Waals surface area contributed by atoms with Gasteiger partial charge in [-0.1, -0.05) is 6.92 Å². The second-order valence-electron chi connectivity index (χ2n) is 4.18. The highest BCUT2D eigenvalue weighted by molar-refractivity contribution is 7.92. The number of rotatable bonds is 5. The average Bonchev–Trinajstić information content (AvgIpc) is 2.64. The van der Waals surface area contributed by atoms with Gasteiger partial charge in [0, 0.05) is 6.54 Å². The molecule has 0 radical (unpaired) electrons. The van der Waals surface area contributed by atoms with Crippen LogP contribution in [0.2, 0.25) is 0 Å². The molecule has 1 amide bonds. The van der Waals surface area contributed by atoms with Crippen molar-refractivity contribution in [3.63, 3.8) is 0 Å². The van der Waals surface area contributed by atoms with Crippen LogP contribution in [0.25, 0.3) is 0 Å². The third-order valence-electron chi connectivity index (χ3n) is 2.72. The molecule has 1 heterocycles. The van der Waals surface area contributed by atoms with Crippen LogP contribution < -0.4 is 0 Å². The highest BCUT2D eigenvalue weighted by Gasteiger charge is 2.35. The van der Waals surface area contributed by atoms with Gasteiger partial charge in [-0.25, -0.2) is 13.2 Å². The first kappa shape index (κ1) is 14.0. The summed E-state index contributed by atoms with van der Waals surface area (Å²) in [6.45, 7) is 2.05. The monoisotopic (exact) mass is 263 g/mol. The first-order valence-electron chi connectivity index (χ1n) is 5.60. The summed E-state index contributed by atoms with van der Waals surface area (Å²) in [7, 11) is -3.40. The van der Waals surface area contributed by atoms with E-state index in [1.54, 1.807) is 6.92 Å². The Morgan fingerprint density at radius 3 is 2.59 bits per heavy atom. The van der Waals surface area contributed by atoms with Gasteiger partial charge in [0.15, 0.2) is 9.84 Å². The average molecular weight is 263 g/mol. The van der Waals surface area contributed by atoms with Gasteiger partial charge in [0.2, 0.25) is 5.91 Å². The fraction of sp³-hybridized carbons (Fsp3) is 0.800. The molecular formula is C10H17NO5S. The van der Waals surface area contributed by atoms with Crippen LogP contribution in [0.5, 0.6) is 0 Å². The fourth-order valence-corrected chi connectivity index (χ4v) is 3.28. The topological polar surface area (TPSA) is 91.8 Å². The summed E-state index contributed by atoms with van der Waals surface area (Å²) >= 11 is 0. The molecule has 1 fully saturated rings. The van der Waals surface area contributed by atoms with Gasteiger partial charge in [0.1, 0.15) is 11.8 Å². The van der Waals surface area contributed by atoms with E-state index in [1.807, 2.05) is 0 Å². The molecule has 0 aliphatic carbocycles. The van der Waals surface area contributed by atoms with E-state index in [9.17, 15) is 18.0 Å². The lowest BCUT2D eigenvalue weighted by Crippen LogP contribution is -2.43. The van der Waals surface area contributed by atoms with Gasteiger partial charge in [0.25, 0.3) is 0 Å². The molecule has 1 saturated heterocycles. The fourth-order valence-electron chi connectivity index (χ4n) is 1.98. The van der Waals surface area contributed by atoms with Gasteiger partial charge in [-0.15, -0.1) is 0 Å². The number of carboxylic acids is 1. The molecular weight excluding hydrogens is 246 g/mol. The number of likely N-dealkylation sites (tertiary alicyclic amines) is 1. The molecule has 1 aliphatic heterocycles. The predicted octanol–water partition coefficient (Wildman–Crippen LogP) is -0.113. The Balaban J connectivity index is 2.68. The van der Waals surface area contributed by atoms with Gasteiger partial charge in [-0.2, -0.15) is 0 Å². The van der Waals surface area contributed by atoms with Crippen LogP contribution in [0.3, 0.4) is 0 Å². The largest absolute Gasteiger partial charge is 0.480 e. The molecule has 1 rings (SSSR count). The number of aliphatic carboxylic acids is 1. The van der Waals surface area contributed by atoms with Crippen molar-refractivity contribution in [3.05, 3.63) is 0 Å². The molecule has 0 aromatic heterocycles. The van der Waals surface area contributed by atoms with E-state index in [4.69, 9.17) is 5.11 Å². The van der Waals surface area contributed by atoms with Gasteiger partial charge in [-0.3, -0.25) is 4.79 Å². The number of sulfone groups is 1. The minimum Gasteiger partial charge on any atom is -0.480 e. The molecule has 1 N–H and O–H groups in total. The molecule has 0 spiro atoms. The van der Waals surface area contributed by atoms with Crippen LogP contribution in [0, 0.1) is 0 Å². The van der Waals surface area contributed by atoms with Crippen molar-refractivity contribution in [2.75, 3.05) is 18.1 Å². The Labute approximate surface area is 101 Å². The summed E-state index contributed by atoms with van der Waals surface area (Å²) in [5.41, 5.74) is 0. The zero-order chi connectivity index (χ0) is 13.1. The minimum absolute atomic E-state index is 0.0374.